The minimum absolute atomic E-state index is 0.0282. The van der Waals surface area contributed by atoms with Gasteiger partial charge in [0.2, 0.25) is 11.8 Å². The van der Waals surface area contributed by atoms with Gasteiger partial charge in [-0.3, -0.25) is 14.5 Å². The second-order valence-corrected chi connectivity index (χ2v) is 5.68. The Hall–Kier alpha value is -1.36. The second-order valence-electron chi connectivity index (χ2n) is 5.68. The fourth-order valence-electron chi connectivity index (χ4n) is 3.00. The van der Waals surface area contributed by atoms with Gasteiger partial charge in [-0.2, -0.15) is 0 Å². The third-order valence-electron chi connectivity index (χ3n) is 4.20. The van der Waals surface area contributed by atoms with Gasteiger partial charge in [0.1, 0.15) is 0 Å². The molecule has 1 saturated heterocycles. The van der Waals surface area contributed by atoms with E-state index in [0.717, 1.165) is 39.0 Å². The lowest BCUT2D eigenvalue weighted by molar-refractivity contribution is -0.137. The SMILES string of the molecule is C=CCNC(=O)CN1CCN(C(=O)C2CCCC2)CC1. The van der Waals surface area contributed by atoms with Gasteiger partial charge in [-0.05, 0) is 12.8 Å². The molecule has 0 aromatic rings. The van der Waals surface area contributed by atoms with Crippen molar-refractivity contribution in [3.63, 3.8) is 0 Å². The molecule has 1 saturated carbocycles. The number of rotatable bonds is 5. The maximum atomic E-state index is 12.3. The van der Waals surface area contributed by atoms with Crippen molar-refractivity contribution in [3.05, 3.63) is 12.7 Å². The number of hydrogen-bond donors (Lipinski definition) is 1. The van der Waals surface area contributed by atoms with Crippen molar-refractivity contribution >= 4 is 11.8 Å². The van der Waals surface area contributed by atoms with Gasteiger partial charge in [0.15, 0.2) is 0 Å². The highest BCUT2D eigenvalue weighted by atomic mass is 16.2. The van der Waals surface area contributed by atoms with Gasteiger partial charge in [-0.15, -0.1) is 6.58 Å². The fourth-order valence-corrected chi connectivity index (χ4v) is 3.00. The highest BCUT2D eigenvalue weighted by Crippen LogP contribution is 2.26. The van der Waals surface area contributed by atoms with Crippen LogP contribution in [-0.2, 0) is 9.59 Å². The van der Waals surface area contributed by atoms with Gasteiger partial charge < -0.3 is 10.2 Å². The number of carbonyl (C=O) groups is 2. The van der Waals surface area contributed by atoms with Crippen LogP contribution in [0.1, 0.15) is 25.7 Å². The molecule has 0 radical (unpaired) electrons. The van der Waals surface area contributed by atoms with Crippen LogP contribution in [-0.4, -0.2) is 60.9 Å². The van der Waals surface area contributed by atoms with Crippen molar-refractivity contribution < 1.29 is 9.59 Å². The Kier molecular flexibility index (Phi) is 5.59. The number of carbonyl (C=O) groups excluding carboxylic acids is 2. The molecule has 0 spiro atoms. The molecule has 0 aromatic carbocycles. The van der Waals surface area contributed by atoms with Crippen LogP contribution in [0.4, 0.5) is 0 Å². The monoisotopic (exact) mass is 279 g/mol. The molecule has 2 fully saturated rings. The summed E-state index contributed by atoms with van der Waals surface area (Å²) in [7, 11) is 0. The molecule has 1 aliphatic heterocycles. The predicted octanol–water partition coefficient (Wildman–Crippen LogP) is 0.623. The smallest absolute Gasteiger partial charge is 0.234 e. The largest absolute Gasteiger partial charge is 0.352 e. The fraction of sp³-hybridized carbons (Fsp3) is 0.733. The van der Waals surface area contributed by atoms with Crippen molar-refractivity contribution in [1.29, 1.82) is 0 Å². The van der Waals surface area contributed by atoms with Crippen molar-refractivity contribution in [2.75, 3.05) is 39.3 Å². The van der Waals surface area contributed by atoms with Gasteiger partial charge in [0.25, 0.3) is 0 Å². The van der Waals surface area contributed by atoms with E-state index in [4.69, 9.17) is 0 Å². The Labute approximate surface area is 121 Å². The number of nitrogens with one attached hydrogen (secondary N) is 1. The summed E-state index contributed by atoms with van der Waals surface area (Å²) in [5.41, 5.74) is 0. The molecular formula is C15H25N3O2. The summed E-state index contributed by atoms with van der Waals surface area (Å²) < 4.78 is 0. The topological polar surface area (TPSA) is 52.7 Å². The summed E-state index contributed by atoms with van der Waals surface area (Å²) >= 11 is 0. The van der Waals surface area contributed by atoms with Gasteiger partial charge in [-0.25, -0.2) is 0 Å². The quantitative estimate of drug-likeness (QED) is 0.751. The van der Waals surface area contributed by atoms with Crippen molar-refractivity contribution in [2.24, 2.45) is 5.92 Å². The van der Waals surface area contributed by atoms with E-state index in [1.807, 2.05) is 4.90 Å². The minimum atomic E-state index is 0.0282. The minimum Gasteiger partial charge on any atom is -0.352 e. The number of nitrogens with zero attached hydrogens (tertiary/aromatic N) is 2. The summed E-state index contributed by atoms with van der Waals surface area (Å²) in [6.07, 6.45) is 6.18. The van der Waals surface area contributed by atoms with Crippen molar-refractivity contribution in [1.82, 2.24) is 15.1 Å². The maximum absolute atomic E-state index is 12.3. The first-order chi connectivity index (χ1) is 9.70. The van der Waals surface area contributed by atoms with E-state index in [0.29, 0.717) is 19.0 Å². The van der Waals surface area contributed by atoms with Crippen LogP contribution in [0.15, 0.2) is 12.7 Å². The van der Waals surface area contributed by atoms with Gasteiger partial charge >= 0.3 is 0 Å². The molecule has 2 amide bonds. The van der Waals surface area contributed by atoms with Crippen LogP contribution in [0.2, 0.25) is 0 Å². The molecule has 0 unspecified atom stereocenters. The normalized spacial score (nSPS) is 20.9. The number of piperazine rings is 1. The van der Waals surface area contributed by atoms with Crippen molar-refractivity contribution in [3.8, 4) is 0 Å². The molecule has 20 heavy (non-hydrogen) atoms. The third kappa shape index (κ3) is 4.07. The van der Waals surface area contributed by atoms with E-state index in [-0.39, 0.29) is 11.8 Å². The molecule has 1 N–H and O–H groups in total. The van der Waals surface area contributed by atoms with Crippen LogP contribution in [0.5, 0.6) is 0 Å². The molecule has 0 aromatic heterocycles. The Morgan fingerprint density at radius 2 is 1.80 bits per heavy atom. The number of hydrogen-bond acceptors (Lipinski definition) is 3. The Morgan fingerprint density at radius 3 is 2.40 bits per heavy atom. The van der Waals surface area contributed by atoms with E-state index in [2.05, 4.69) is 16.8 Å². The lowest BCUT2D eigenvalue weighted by Crippen LogP contribution is -2.52. The average Bonchev–Trinajstić information content (AvgIpc) is 2.99. The molecule has 5 heteroatoms. The van der Waals surface area contributed by atoms with Crippen LogP contribution >= 0.6 is 0 Å². The van der Waals surface area contributed by atoms with Gasteiger partial charge in [-0.1, -0.05) is 18.9 Å². The van der Waals surface area contributed by atoms with E-state index in [9.17, 15) is 9.59 Å². The van der Waals surface area contributed by atoms with E-state index in [1.54, 1.807) is 6.08 Å². The van der Waals surface area contributed by atoms with E-state index in [1.165, 1.54) is 12.8 Å². The van der Waals surface area contributed by atoms with E-state index < -0.39 is 0 Å². The molecule has 2 aliphatic rings. The summed E-state index contributed by atoms with van der Waals surface area (Å²) in [5.74, 6) is 0.621. The molecule has 1 aliphatic carbocycles. The molecule has 1 heterocycles. The standard InChI is InChI=1S/C15H25N3O2/c1-2-7-16-14(19)12-17-8-10-18(11-9-17)15(20)13-5-3-4-6-13/h2,13H,1,3-12H2,(H,16,19). The van der Waals surface area contributed by atoms with E-state index >= 15 is 0 Å². The Balaban J connectivity index is 1.70. The van der Waals surface area contributed by atoms with Crippen LogP contribution in [0.3, 0.4) is 0 Å². The summed E-state index contributed by atoms with van der Waals surface area (Å²) in [6, 6.07) is 0. The zero-order chi connectivity index (χ0) is 14.4. The summed E-state index contributed by atoms with van der Waals surface area (Å²) in [4.78, 5) is 28.0. The highest BCUT2D eigenvalue weighted by Gasteiger charge is 2.29. The summed E-state index contributed by atoms with van der Waals surface area (Å²) in [6.45, 7) is 7.59. The Morgan fingerprint density at radius 1 is 1.15 bits per heavy atom. The highest BCUT2D eigenvalue weighted by molar-refractivity contribution is 5.79. The first-order valence-electron chi connectivity index (χ1n) is 7.59. The second kappa shape index (κ2) is 7.43. The maximum Gasteiger partial charge on any atom is 0.234 e. The Bertz CT molecular complexity index is 356. The molecular weight excluding hydrogens is 254 g/mol. The molecule has 2 rings (SSSR count). The summed E-state index contributed by atoms with van der Waals surface area (Å²) in [5, 5.41) is 2.78. The molecule has 0 atom stereocenters. The zero-order valence-corrected chi connectivity index (χ0v) is 12.1. The first-order valence-corrected chi connectivity index (χ1v) is 7.59. The predicted molar refractivity (Wildman–Crippen MR) is 78.2 cm³/mol. The van der Waals surface area contributed by atoms with Gasteiger partial charge in [0.05, 0.1) is 6.54 Å². The van der Waals surface area contributed by atoms with Crippen LogP contribution in [0, 0.1) is 5.92 Å². The lowest BCUT2D eigenvalue weighted by Gasteiger charge is -2.35. The van der Waals surface area contributed by atoms with Gasteiger partial charge in [0, 0.05) is 38.6 Å². The lowest BCUT2D eigenvalue weighted by atomic mass is 10.1. The molecule has 112 valence electrons. The molecule has 0 bridgehead atoms. The zero-order valence-electron chi connectivity index (χ0n) is 12.1. The third-order valence-corrected chi connectivity index (χ3v) is 4.20. The number of amides is 2. The van der Waals surface area contributed by atoms with Crippen LogP contribution in [0.25, 0.3) is 0 Å². The van der Waals surface area contributed by atoms with Crippen LogP contribution < -0.4 is 5.32 Å². The average molecular weight is 279 g/mol. The molecule has 5 nitrogen and oxygen atoms in total. The first kappa shape index (κ1) is 15.0. The van der Waals surface area contributed by atoms with Crippen molar-refractivity contribution in [2.45, 2.75) is 25.7 Å².